The number of amides is 2. The van der Waals surface area contributed by atoms with Crippen LogP contribution in [0.25, 0.3) is 5.57 Å². The number of benzene rings is 2. The van der Waals surface area contributed by atoms with Crippen LogP contribution in [0.4, 0.5) is 22.4 Å². The number of ether oxygens (including phenoxy) is 1. The molecule has 0 aromatic heterocycles. The summed E-state index contributed by atoms with van der Waals surface area (Å²) < 4.78 is 58.2. The first-order valence-electron chi connectivity index (χ1n) is 8.34. The molecule has 0 aliphatic carbocycles. The zero-order chi connectivity index (χ0) is 20.3. The molecule has 0 radical (unpaired) electrons. The summed E-state index contributed by atoms with van der Waals surface area (Å²) in [6.07, 6.45) is -5.27. The van der Waals surface area contributed by atoms with Gasteiger partial charge in [0.15, 0.2) is 0 Å². The van der Waals surface area contributed by atoms with Gasteiger partial charge in [-0.05, 0) is 29.7 Å². The van der Waals surface area contributed by atoms with Crippen LogP contribution in [-0.2, 0) is 16.0 Å². The third kappa shape index (κ3) is 4.39. The molecule has 4 nitrogen and oxygen atoms in total. The number of cyclic esters (lactones) is 1. The first-order chi connectivity index (χ1) is 13.3. The van der Waals surface area contributed by atoms with E-state index in [9.17, 15) is 27.2 Å². The average Bonchev–Trinajstić information content (AvgIpc) is 3.01. The molecule has 0 saturated carbocycles. The fourth-order valence-corrected chi connectivity index (χ4v) is 2.92. The summed E-state index contributed by atoms with van der Waals surface area (Å²) in [4.78, 5) is 25.2. The van der Waals surface area contributed by atoms with Crippen LogP contribution in [0.3, 0.4) is 0 Å². The fourth-order valence-electron chi connectivity index (χ4n) is 2.92. The van der Waals surface area contributed by atoms with E-state index in [0.717, 1.165) is 29.8 Å². The van der Waals surface area contributed by atoms with E-state index in [0.29, 0.717) is 11.0 Å². The van der Waals surface area contributed by atoms with Gasteiger partial charge in [-0.1, -0.05) is 42.5 Å². The number of hydrogen-bond acceptors (Lipinski definition) is 3. The Bertz CT molecular complexity index is 892. The van der Waals surface area contributed by atoms with Crippen LogP contribution in [-0.4, -0.2) is 35.7 Å². The molecule has 1 heterocycles. The van der Waals surface area contributed by atoms with Crippen molar-refractivity contribution in [2.45, 2.75) is 18.6 Å². The van der Waals surface area contributed by atoms with Crippen molar-refractivity contribution in [2.75, 3.05) is 6.61 Å². The minimum atomic E-state index is -4.87. The Morgan fingerprint density at radius 3 is 2.36 bits per heavy atom. The van der Waals surface area contributed by atoms with Crippen LogP contribution < -0.4 is 0 Å². The molecule has 8 heteroatoms. The molecule has 1 atom stereocenters. The molecule has 0 bridgehead atoms. The highest BCUT2D eigenvalue weighted by atomic mass is 19.4. The number of halogens is 4. The molecule has 1 saturated heterocycles. The van der Waals surface area contributed by atoms with Gasteiger partial charge >= 0.3 is 12.3 Å². The van der Waals surface area contributed by atoms with Crippen molar-refractivity contribution in [2.24, 2.45) is 0 Å². The highest BCUT2D eigenvalue weighted by Crippen LogP contribution is 2.34. The van der Waals surface area contributed by atoms with Gasteiger partial charge in [0.25, 0.3) is 5.91 Å². The van der Waals surface area contributed by atoms with Gasteiger partial charge in [-0.2, -0.15) is 13.2 Å². The number of carbonyl (C=O) groups excluding carboxylic acids is 2. The second-order valence-electron chi connectivity index (χ2n) is 6.19. The van der Waals surface area contributed by atoms with Crippen molar-refractivity contribution in [3.8, 4) is 0 Å². The molecular formula is C20H15F4NO3. The molecule has 1 aliphatic rings. The van der Waals surface area contributed by atoms with E-state index in [4.69, 9.17) is 4.74 Å². The van der Waals surface area contributed by atoms with Gasteiger partial charge in [0.2, 0.25) is 0 Å². The largest absolute Gasteiger partial charge is 0.447 e. The van der Waals surface area contributed by atoms with Crippen LogP contribution in [0.2, 0.25) is 0 Å². The SMILES string of the molecule is O=C(C=C(c1ccc(F)cc1)C(F)(F)F)N1C(=O)OC[C@@H]1Cc1ccccc1. The summed E-state index contributed by atoms with van der Waals surface area (Å²) in [6.45, 7) is -0.106. The van der Waals surface area contributed by atoms with Crippen LogP contribution in [0.5, 0.6) is 0 Å². The number of nitrogens with zero attached hydrogens (tertiary/aromatic N) is 1. The molecule has 0 spiro atoms. The van der Waals surface area contributed by atoms with Crippen molar-refractivity contribution in [3.63, 3.8) is 0 Å². The molecule has 28 heavy (non-hydrogen) atoms. The van der Waals surface area contributed by atoms with Gasteiger partial charge in [-0.3, -0.25) is 4.79 Å². The van der Waals surface area contributed by atoms with E-state index < -0.39 is 35.6 Å². The first kappa shape index (κ1) is 19.6. The molecule has 3 rings (SSSR count). The van der Waals surface area contributed by atoms with Crippen molar-refractivity contribution in [3.05, 3.63) is 77.6 Å². The topological polar surface area (TPSA) is 46.6 Å². The maximum absolute atomic E-state index is 13.4. The van der Waals surface area contributed by atoms with Crippen molar-refractivity contribution >= 4 is 17.6 Å². The molecule has 2 aromatic carbocycles. The number of carbonyl (C=O) groups is 2. The molecular weight excluding hydrogens is 378 g/mol. The second-order valence-corrected chi connectivity index (χ2v) is 6.19. The molecule has 2 amide bonds. The van der Waals surface area contributed by atoms with E-state index in [-0.39, 0.29) is 18.6 Å². The van der Waals surface area contributed by atoms with E-state index in [1.165, 1.54) is 0 Å². The van der Waals surface area contributed by atoms with E-state index in [1.807, 2.05) is 0 Å². The minimum absolute atomic E-state index is 0.106. The molecule has 0 N–H and O–H groups in total. The molecule has 2 aromatic rings. The number of rotatable bonds is 4. The lowest BCUT2D eigenvalue weighted by Crippen LogP contribution is -2.39. The minimum Gasteiger partial charge on any atom is -0.447 e. The van der Waals surface area contributed by atoms with Crippen LogP contribution in [0, 0.1) is 5.82 Å². The number of imide groups is 1. The van der Waals surface area contributed by atoms with Crippen molar-refractivity contribution < 1.29 is 31.9 Å². The summed E-state index contributed by atoms with van der Waals surface area (Å²) in [5, 5.41) is 0. The number of alkyl halides is 3. The van der Waals surface area contributed by atoms with E-state index in [2.05, 4.69) is 0 Å². The van der Waals surface area contributed by atoms with Crippen LogP contribution in [0.1, 0.15) is 11.1 Å². The third-order valence-electron chi connectivity index (χ3n) is 4.24. The molecule has 0 unspecified atom stereocenters. The Balaban J connectivity index is 1.90. The second kappa shape index (κ2) is 7.84. The van der Waals surface area contributed by atoms with Gasteiger partial charge in [-0.25, -0.2) is 14.1 Å². The Kier molecular flexibility index (Phi) is 5.48. The Hall–Kier alpha value is -3.16. The summed E-state index contributed by atoms with van der Waals surface area (Å²) in [6, 6.07) is 11.7. The quantitative estimate of drug-likeness (QED) is 0.573. The van der Waals surface area contributed by atoms with Crippen molar-refractivity contribution in [1.82, 2.24) is 4.90 Å². The lowest BCUT2D eigenvalue weighted by molar-refractivity contribution is -0.124. The Morgan fingerprint density at radius 1 is 1.11 bits per heavy atom. The predicted octanol–water partition coefficient (Wildman–Crippen LogP) is 4.36. The zero-order valence-electron chi connectivity index (χ0n) is 14.4. The Morgan fingerprint density at radius 2 is 1.75 bits per heavy atom. The lowest BCUT2D eigenvalue weighted by atomic mass is 10.0. The van der Waals surface area contributed by atoms with Crippen LogP contribution >= 0.6 is 0 Å². The lowest BCUT2D eigenvalue weighted by Gasteiger charge is -2.19. The summed E-state index contributed by atoms with van der Waals surface area (Å²) >= 11 is 0. The summed E-state index contributed by atoms with van der Waals surface area (Å²) in [5.41, 5.74) is -0.841. The molecule has 146 valence electrons. The maximum Gasteiger partial charge on any atom is 0.417 e. The van der Waals surface area contributed by atoms with Crippen LogP contribution in [0.15, 0.2) is 60.7 Å². The standard InChI is InChI=1S/C20H15F4NO3/c21-15-8-6-14(7-9-15)17(20(22,23)24)11-18(26)25-16(12-28-19(25)27)10-13-4-2-1-3-5-13/h1-9,11,16H,10,12H2/t16-/m0/s1. The van der Waals surface area contributed by atoms with Crippen molar-refractivity contribution in [1.29, 1.82) is 0 Å². The highest BCUT2D eigenvalue weighted by molar-refractivity contribution is 6.04. The number of allylic oxidation sites excluding steroid dienone is 1. The van der Waals surface area contributed by atoms with E-state index in [1.54, 1.807) is 30.3 Å². The first-order valence-corrected chi connectivity index (χ1v) is 8.34. The van der Waals surface area contributed by atoms with Gasteiger partial charge in [-0.15, -0.1) is 0 Å². The average molecular weight is 393 g/mol. The zero-order valence-corrected chi connectivity index (χ0v) is 14.4. The van der Waals surface area contributed by atoms with E-state index >= 15 is 0 Å². The predicted molar refractivity (Wildman–Crippen MR) is 92.6 cm³/mol. The smallest absolute Gasteiger partial charge is 0.417 e. The summed E-state index contributed by atoms with van der Waals surface area (Å²) in [7, 11) is 0. The van der Waals surface area contributed by atoms with Gasteiger partial charge in [0.05, 0.1) is 11.6 Å². The molecule has 1 fully saturated rings. The third-order valence-corrected chi connectivity index (χ3v) is 4.24. The van der Waals surface area contributed by atoms with Gasteiger partial charge in [0, 0.05) is 6.08 Å². The summed E-state index contributed by atoms with van der Waals surface area (Å²) in [5.74, 6) is -1.84. The normalized spacial score (nSPS) is 17.6. The number of hydrogen-bond donors (Lipinski definition) is 0. The highest BCUT2D eigenvalue weighted by Gasteiger charge is 2.40. The maximum atomic E-state index is 13.4. The van der Waals surface area contributed by atoms with Gasteiger partial charge in [0.1, 0.15) is 12.4 Å². The monoisotopic (exact) mass is 393 g/mol. The molecule has 1 aliphatic heterocycles. The van der Waals surface area contributed by atoms with Gasteiger partial charge < -0.3 is 4.74 Å². The Labute approximate surface area is 158 Å². The fraction of sp³-hybridized carbons (Fsp3) is 0.200.